The van der Waals surface area contributed by atoms with Crippen LogP contribution in [0.3, 0.4) is 0 Å². The maximum atomic E-state index is 10.5. The summed E-state index contributed by atoms with van der Waals surface area (Å²) >= 11 is 0. The molecule has 1 aliphatic carbocycles. The summed E-state index contributed by atoms with van der Waals surface area (Å²) in [5.41, 5.74) is -0.333. The van der Waals surface area contributed by atoms with Crippen LogP contribution in [0.5, 0.6) is 0 Å². The quantitative estimate of drug-likeness (QED) is 0.577. The Kier molecular flexibility index (Phi) is 1.65. The van der Waals surface area contributed by atoms with Crippen LogP contribution in [0.15, 0.2) is 0 Å². The highest BCUT2D eigenvalue weighted by Crippen LogP contribution is 2.54. The number of aliphatic carboxylic acids is 1. The Morgan fingerprint density at radius 1 is 1.70 bits per heavy atom. The van der Waals surface area contributed by atoms with Gasteiger partial charge in [-0.25, -0.2) is 0 Å². The van der Waals surface area contributed by atoms with Crippen molar-refractivity contribution in [3.05, 3.63) is 0 Å². The third-order valence-electron chi connectivity index (χ3n) is 2.49. The van der Waals surface area contributed by atoms with E-state index in [-0.39, 0.29) is 17.8 Å². The van der Waals surface area contributed by atoms with Gasteiger partial charge in [-0.3, -0.25) is 4.79 Å². The minimum atomic E-state index is -0.613. The molecule has 3 nitrogen and oxygen atoms in total. The van der Waals surface area contributed by atoms with Crippen molar-refractivity contribution in [3.63, 3.8) is 0 Å². The second-order valence-corrected chi connectivity index (χ2v) is 2.99. The van der Waals surface area contributed by atoms with Gasteiger partial charge in [-0.2, -0.15) is 0 Å². The summed E-state index contributed by atoms with van der Waals surface area (Å²) in [5, 5.41) is 11.7. The molecule has 2 N–H and O–H groups in total. The first-order valence-electron chi connectivity index (χ1n) is 3.20. The third-order valence-corrected chi connectivity index (χ3v) is 2.49. The second-order valence-electron chi connectivity index (χ2n) is 2.99. The number of hydrogen-bond donors (Lipinski definition) is 2. The molecule has 0 aromatic carbocycles. The van der Waals surface area contributed by atoms with Crippen molar-refractivity contribution in [2.45, 2.75) is 6.42 Å². The molecule has 1 saturated carbocycles. The first-order valence-corrected chi connectivity index (χ1v) is 3.20. The lowest BCUT2D eigenvalue weighted by Gasteiger charge is -2.01. The van der Waals surface area contributed by atoms with Crippen molar-refractivity contribution in [2.24, 2.45) is 11.3 Å². The van der Waals surface area contributed by atoms with Crippen LogP contribution < -0.4 is 5.32 Å². The summed E-state index contributed by atoms with van der Waals surface area (Å²) in [6, 6.07) is 0. The highest BCUT2D eigenvalue weighted by atomic mass is 35.5. The van der Waals surface area contributed by atoms with Gasteiger partial charge in [0.05, 0.1) is 5.41 Å². The molecule has 58 valence electrons. The minimum absolute atomic E-state index is 0. The summed E-state index contributed by atoms with van der Waals surface area (Å²) in [5.74, 6) is -0.174. The van der Waals surface area contributed by atoms with Gasteiger partial charge in [-0.05, 0) is 18.9 Å². The Hall–Kier alpha value is -0.280. The molecule has 0 bridgehead atoms. The van der Waals surface area contributed by atoms with Gasteiger partial charge in [0.1, 0.15) is 0 Å². The van der Waals surface area contributed by atoms with E-state index < -0.39 is 5.97 Å². The van der Waals surface area contributed by atoms with Gasteiger partial charge in [0.2, 0.25) is 0 Å². The Balaban J connectivity index is 0.000000500. The van der Waals surface area contributed by atoms with Crippen LogP contribution in [0, 0.1) is 11.3 Å². The number of carboxylic acid groups (broad SMARTS) is 1. The smallest absolute Gasteiger partial charge is 0.311 e. The number of hydrogen-bond acceptors (Lipinski definition) is 2. The molecule has 2 rings (SSSR count). The molecule has 0 aromatic heterocycles. The van der Waals surface area contributed by atoms with Crippen LogP contribution in [0.2, 0.25) is 0 Å². The summed E-state index contributed by atoms with van der Waals surface area (Å²) in [6.07, 6.45) is 0.898. The Morgan fingerprint density at radius 3 is 2.60 bits per heavy atom. The molecular formula is C6H10ClNO2. The molecule has 10 heavy (non-hydrogen) atoms. The van der Waals surface area contributed by atoms with Gasteiger partial charge < -0.3 is 10.4 Å². The van der Waals surface area contributed by atoms with E-state index in [1.165, 1.54) is 0 Å². The molecule has 1 saturated heterocycles. The molecule has 1 heterocycles. The van der Waals surface area contributed by atoms with E-state index in [9.17, 15) is 4.79 Å². The number of nitrogens with one attached hydrogen (secondary N) is 1. The first kappa shape index (κ1) is 7.82. The van der Waals surface area contributed by atoms with Gasteiger partial charge in [0, 0.05) is 6.54 Å². The van der Waals surface area contributed by atoms with Gasteiger partial charge >= 0.3 is 5.97 Å². The second kappa shape index (κ2) is 2.10. The van der Waals surface area contributed by atoms with E-state index in [2.05, 4.69) is 5.32 Å². The zero-order valence-electron chi connectivity index (χ0n) is 5.46. The highest BCUT2D eigenvalue weighted by Gasteiger charge is 2.62. The SMILES string of the molecule is Cl.O=C(O)[C@@]12CNCC1C2. The van der Waals surface area contributed by atoms with Crippen molar-refractivity contribution < 1.29 is 9.90 Å². The zero-order chi connectivity index (χ0) is 6.48. The molecule has 4 heteroatoms. The third kappa shape index (κ3) is 0.739. The molecule has 1 aliphatic heterocycles. The number of carboxylic acids is 1. The Bertz CT molecular complexity index is 173. The van der Waals surface area contributed by atoms with E-state index >= 15 is 0 Å². The van der Waals surface area contributed by atoms with Crippen molar-refractivity contribution in [1.82, 2.24) is 5.32 Å². The summed E-state index contributed by atoms with van der Waals surface area (Å²) in [7, 11) is 0. The largest absolute Gasteiger partial charge is 0.481 e. The predicted molar refractivity (Wildman–Crippen MR) is 38.3 cm³/mol. The van der Waals surface area contributed by atoms with Gasteiger partial charge in [-0.15, -0.1) is 12.4 Å². The van der Waals surface area contributed by atoms with Crippen molar-refractivity contribution in [3.8, 4) is 0 Å². The molecule has 2 fully saturated rings. The fourth-order valence-electron chi connectivity index (χ4n) is 1.67. The van der Waals surface area contributed by atoms with Crippen LogP contribution in [0.4, 0.5) is 0 Å². The van der Waals surface area contributed by atoms with Gasteiger partial charge in [-0.1, -0.05) is 0 Å². The molecule has 1 unspecified atom stereocenters. The Labute approximate surface area is 65.2 Å². The highest BCUT2D eigenvalue weighted by molar-refractivity contribution is 5.85. The maximum Gasteiger partial charge on any atom is 0.311 e. The monoisotopic (exact) mass is 163 g/mol. The van der Waals surface area contributed by atoms with Crippen molar-refractivity contribution in [1.29, 1.82) is 0 Å². The summed E-state index contributed by atoms with van der Waals surface area (Å²) < 4.78 is 0. The summed E-state index contributed by atoms with van der Waals surface area (Å²) in [4.78, 5) is 10.5. The first-order chi connectivity index (χ1) is 4.26. The number of fused-ring (bicyclic) bond motifs is 1. The fraction of sp³-hybridized carbons (Fsp3) is 0.833. The summed E-state index contributed by atoms with van der Waals surface area (Å²) in [6.45, 7) is 1.60. The van der Waals surface area contributed by atoms with E-state index in [0.29, 0.717) is 12.5 Å². The zero-order valence-corrected chi connectivity index (χ0v) is 6.28. The number of rotatable bonds is 1. The van der Waals surface area contributed by atoms with Crippen LogP contribution >= 0.6 is 12.4 Å². The van der Waals surface area contributed by atoms with E-state index in [4.69, 9.17) is 5.11 Å². The molecule has 0 radical (unpaired) electrons. The normalized spacial score (nSPS) is 41.8. The number of halogens is 1. The lowest BCUT2D eigenvalue weighted by atomic mass is 10.1. The van der Waals surface area contributed by atoms with Crippen molar-refractivity contribution in [2.75, 3.05) is 13.1 Å². The molecule has 0 aromatic rings. The van der Waals surface area contributed by atoms with E-state index in [1.807, 2.05) is 0 Å². The van der Waals surface area contributed by atoms with Crippen LogP contribution in [-0.4, -0.2) is 24.2 Å². The van der Waals surface area contributed by atoms with Crippen LogP contribution in [0.1, 0.15) is 6.42 Å². The lowest BCUT2D eigenvalue weighted by Crippen LogP contribution is -2.23. The van der Waals surface area contributed by atoms with E-state index in [0.717, 1.165) is 13.0 Å². The van der Waals surface area contributed by atoms with E-state index in [1.54, 1.807) is 0 Å². The minimum Gasteiger partial charge on any atom is -0.481 e. The molecule has 0 spiro atoms. The molecule has 2 aliphatic rings. The van der Waals surface area contributed by atoms with Gasteiger partial charge in [0.25, 0.3) is 0 Å². The van der Waals surface area contributed by atoms with Crippen molar-refractivity contribution >= 4 is 18.4 Å². The average Bonchev–Trinajstić information content (AvgIpc) is 2.38. The van der Waals surface area contributed by atoms with Crippen LogP contribution in [0.25, 0.3) is 0 Å². The van der Waals surface area contributed by atoms with Gasteiger partial charge in [0.15, 0.2) is 0 Å². The maximum absolute atomic E-state index is 10.5. The Morgan fingerprint density at radius 2 is 2.40 bits per heavy atom. The lowest BCUT2D eigenvalue weighted by molar-refractivity contribution is -0.143. The molecule has 2 atom stereocenters. The number of piperidine rings is 1. The number of carbonyl (C=O) groups is 1. The molecule has 0 amide bonds. The average molecular weight is 164 g/mol. The van der Waals surface area contributed by atoms with Crippen LogP contribution in [-0.2, 0) is 4.79 Å². The topological polar surface area (TPSA) is 49.3 Å². The fourth-order valence-corrected chi connectivity index (χ4v) is 1.67. The predicted octanol–water partition coefficient (Wildman–Crippen LogP) is 0.102. The molecular weight excluding hydrogens is 154 g/mol. The standard InChI is InChI=1S/C6H9NO2.ClH/c8-5(9)6-1-4(6)2-7-3-6;/h4,7H,1-3H2,(H,8,9);1H/t4?,6-;/m0./s1.